The summed E-state index contributed by atoms with van der Waals surface area (Å²) < 4.78 is 0. The molecule has 0 aliphatic carbocycles. The van der Waals surface area contributed by atoms with Crippen LogP contribution in [0.5, 0.6) is 0 Å². The number of carbonyl (C=O) groups is 3. The molecule has 7 heteroatoms. The topological polar surface area (TPSA) is 87.3 Å². The summed E-state index contributed by atoms with van der Waals surface area (Å²) in [4.78, 5) is 35.7. The van der Waals surface area contributed by atoms with Crippen LogP contribution in [-0.2, 0) is 4.79 Å². The van der Waals surface area contributed by atoms with Gasteiger partial charge in [-0.05, 0) is 35.7 Å². The Morgan fingerprint density at radius 1 is 0.958 bits per heavy atom. The van der Waals surface area contributed by atoms with Gasteiger partial charge in [0, 0.05) is 30.8 Å². The summed E-state index contributed by atoms with van der Waals surface area (Å²) in [5.74, 6) is -0.447. The number of benzene rings is 1. The van der Waals surface area contributed by atoms with Crippen LogP contribution in [0.3, 0.4) is 0 Å². The summed E-state index contributed by atoms with van der Waals surface area (Å²) in [5, 5.41) is 10.0. The quantitative estimate of drug-likeness (QED) is 0.673. The number of carbonyl (C=O) groups excluding carboxylic acids is 3. The Hall–Kier alpha value is -2.67. The fourth-order valence-electron chi connectivity index (χ4n) is 1.90. The number of anilines is 1. The number of hydrogen-bond acceptors (Lipinski definition) is 4. The molecule has 0 aliphatic rings. The molecule has 24 heavy (non-hydrogen) atoms. The van der Waals surface area contributed by atoms with Crippen LogP contribution in [0.2, 0.25) is 0 Å². The highest BCUT2D eigenvalue weighted by atomic mass is 32.1. The van der Waals surface area contributed by atoms with Crippen LogP contribution >= 0.6 is 11.3 Å². The second-order valence-corrected chi connectivity index (χ2v) is 5.92. The molecule has 3 N–H and O–H groups in total. The number of thiophene rings is 1. The third kappa shape index (κ3) is 5.20. The zero-order chi connectivity index (χ0) is 17.4. The zero-order valence-corrected chi connectivity index (χ0v) is 14.1. The fraction of sp³-hybridized carbons (Fsp3) is 0.235. The molecular formula is C17H19N3O3S. The molecule has 0 saturated carbocycles. The highest BCUT2D eigenvalue weighted by Gasteiger charge is 2.07. The molecule has 0 fully saturated rings. The maximum absolute atomic E-state index is 12.0. The average molecular weight is 345 g/mol. The second-order valence-electron chi connectivity index (χ2n) is 4.97. The van der Waals surface area contributed by atoms with Crippen molar-refractivity contribution >= 4 is 34.7 Å². The first-order valence-corrected chi connectivity index (χ1v) is 8.48. The molecule has 1 aromatic carbocycles. The van der Waals surface area contributed by atoms with Gasteiger partial charge in [-0.2, -0.15) is 0 Å². The van der Waals surface area contributed by atoms with E-state index in [0.717, 1.165) is 0 Å². The van der Waals surface area contributed by atoms with E-state index in [2.05, 4.69) is 16.0 Å². The van der Waals surface area contributed by atoms with Gasteiger partial charge in [0.15, 0.2) is 0 Å². The number of rotatable bonds is 7. The maximum Gasteiger partial charge on any atom is 0.261 e. The van der Waals surface area contributed by atoms with E-state index in [4.69, 9.17) is 0 Å². The van der Waals surface area contributed by atoms with Gasteiger partial charge in [0.25, 0.3) is 11.8 Å². The van der Waals surface area contributed by atoms with E-state index < -0.39 is 0 Å². The van der Waals surface area contributed by atoms with Gasteiger partial charge in [0.05, 0.1) is 4.88 Å². The zero-order valence-electron chi connectivity index (χ0n) is 13.3. The molecule has 0 unspecified atom stereocenters. The Kier molecular flexibility index (Phi) is 6.51. The first-order valence-electron chi connectivity index (χ1n) is 7.60. The molecular weight excluding hydrogens is 326 g/mol. The first-order chi connectivity index (χ1) is 11.6. The van der Waals surface area contributed by atoms with Gasteiger partial charge >= 0.3 is 0 Å². The largest absolute Gasteiger partial charge is 0.350 e. The van der Waals surface area contributed by atoms with Gasteiger partial charge < -0.3 is 16.0 Å². The Morgan fingerprint density at radius 3 is 2.21 bits per heavy atom. The molecule has 3 amide bonds. The van der Waals surface area contributed by atoms with Crippen LogP contribution in [0.15, 0.2) is 41.8 Å². The lowest BCUT2D eigenvalue weighted by Crippen LogP contribution is -2.34. The van der Waals surface area contributed by atoms with Crippen molar-refractivity contribution in [2.24, 2.45) is 0 Å². The van der Waals surface area contributed by atoms with E-state index in [0.29, 0.717) is 35.6 Å². The van der Waals surface area contributed by atoms with E-state index >= 15 is 0 Å². The van der Waals surface area contributed by atoms with Gasteiger partial charge in [-0.1, -0.05) is 13.0 Å². The van der Waals surface area contributed by atoms with Crippen molar-refractivity contribution in [2.45, 2.75) is 13.3 Å². The van der Waals surface area contributed by atoms with Crippen molar-refractivity contribution in [1.29, 1.82) is 0 Å². The van der Waals surface area contributed by atoms with Gasteiger partial charge in [-0.3, -0.25) is 14.4 Å². The molecule has 0 bridgehead atoms. The molecule has 2 aromatic rings. The molecule has 6 nitrogen and oxygen atoms in total. The number of nitrogens with one attached hydrogen (secondary N) is 3. The van der Waals surface area contributed by atoms with Gasteiger partial charge in [-0.15, -0.1) is 11.3 Å². The molecule has 0 atom stereocenters. The summed E-state index contributed by atoms with van der Waals surface area (Å²) >= 11 is 1.37. The van der Waals surface area contributed by atoms with Crippen LogP contribution in [0.25, 0.3) is 0 Å². The molecule has 0 radical (unpaired) electrons. The van der Waals surface area contributed by atoms with E-state index in [9.17, 15) is 14.4 Å². The molecule has 0 spiro atoms. The normalized spacial score (nSPS) is 10.0. The lowest BCUT2D eigenvalue weighted by atomic mass is 10.2. The summed E-state index contributed by atoms with van der Waals surface area (Å²) in [7, 11) is 0. The Bertz CT molecular complexity index is 696. The summed E-state index contributed by atoms with van der Waals surface area (Å²) in [5.41, 5.74) is 1.15. The van der Waals surface area contributed by atoms with E-state index in [1.807, 2.05) is 11.4 Å². The minimum atomic E-state index is -0.228. The Morgan fingerprint density at radius 2 is 1.62 bits per heavy atom. The summed E-state index contributed by atoms with van der Waals surface area (Å²) in [6.45, 7) is 2.46. The standard InChI is InChI=1S/C17H19N3O3S/c1-2-15(21)20-13-7-5-12(6-8-13)16(22)18-9-10-19-17(23)14-4-3-11-24-14/h3-8,11H,2,9-10H2,1H3,(H,18,22)(H,19,23)(H,20,21). The smallest absolute Gasteiger partial charge is 0.261 e. The molecule has 0 saturated heterocycles. The van der Waals surface area contributed by atoms with Crippen molar-refractivity contribution in [3.8, 4) is 0 Å². The Labute approximate surface area is 144 Å². The van der Waals surface area contributed by atoms with Crippen LogP contribution in [0.1, 0.15) is 33.4 Å². The number of amides is 3. The lowest BCUT2D eigenvalue weighted by molar-refractivity contribution is -0.115. The first kappa shape index (κ1) is 17.7. The summed E-state index contributed by atoms with van der Waals surface area (Å²) in [6.07, 6.45) is 0.402. The van der Waals surface area contributed by atoms with E-state index in [1.165, 1.54) is 11.3 Å². The minimum Gasteiger partial charge on any atom is -0.350 e. The highest BCUT2D eigenvalue weighted by molar-refractivity contribution is 7.12. The van der Waals surface area contributed by atoms with Crippen molar-refractivity contribution in [1.82, 2.24) is 10.6 Å². The van der Waals surface area contributed by atoms with Gasteiger partial charge in [-0.25, -0.2) is 0 Å². The SMILES string of the molecule is CCC(=O)Nc1ccc(C(=O)NCCNC(=O)c2cccs2)cc1. The third-order valence-corrected chi connectivity index (χ3v) is 4.06. The van der Waals surface area contributed by atoms with Crippen molar-refractivity contribution < 1.29 is 14.4 Å². The predicted octanol–water partition coefficient (Wildman–Crippen LogP) is 2.26. The van der Waals surface area contributed by atoms with Crippen LogP contribution < -0.4 is 16.0 Å². The van der Waals surface area contributed by atoms with E-state index in [-0.39, 0.29) is 17.7 Å². The number of hydrogen-bond donors (Lipinski definition) is 3. The minimum absolute atomic E-state index is 0.0753. The van der Waals surface area contributed by atoms with Crippen LogP contribution in [0, 0.1) is 0 Å². The lowest BCUT2D eigenvalue weighted by Gasteiger charge is -2.08. The van der Waals surface area contributed by atoms with Crippen LogP contribution in [0.4, 0.5) is 5.69 Å². The Balaban J connectivity index is 1.74. The molecule has 2 rings (SSSR count). The third-order valence-electron chi connectivity index (χ3n) is 3.19. The van der Waals surface area contributed by atoms with Crippen molar-refractivity contribution in [3.63, 3.8) is 0 Å². The maximum atomic E-state index is 12.0. The van der Waals surface area contributed by atoms with Gasteiger partial charge in [0.1, 0.15) is 0 Å². The predicted molar refractivity (Wildman–Crippen MR) is 94.3 cm³/mol. The summed E-state index contributed by atoms with van der Waals surface area (Å²) in [6, 6.07) is 10.2. The molecule has 126 valence electrons. The van der Waals surface area contributed by atoms with Crippen LogP contribution in [-0.4, -0.2) is 30.8 Å². The molecule has 1 heterocycles. The fourth-order valence-corrected chi connectivity index (χ4v) is 2.54. The average Bonchev–Trinajstić information content (AvgIpc) is 3.13. The highest BCUT2D eigenvalue weighted by Crippen LogP contribution is 2.10. The monoisotopic (exact) mass is 345 g/mol. The van der Waals surface area contributed by atoms with Crippen molar-refractivity contribution in [2.75, 3.05) is 18.4 Å². The molecule has 1 aromatic heterocycles. The second kappa shape index (κ2) is 8.83. The van der Waals surface area contributed by atoms with Gasteiger partial charge in [0.2, 0.25) is 5.91 Å². The molecule has 0 aliphatic heterocycles. The van der Waals surface area contributed by atoms with Crippen molar-refractivity contribution in [3.05, 3.63) is 52.2 Å². The van der Waals surface area contributed by atoms with E-state index in [1.54, 1.807) is 37.3 Å².